The highest BCUT2D eigenvalue weighted by molar-refractivity contribution is 5.66. The Bertz CT molecular complexity index is 514. The number of hydrogen-bond acceptors (Lipinski definition) is 2. The van der Waals surface area contributed by atoms with Gasteiger partial charge in [-0.15, -0.1) is 0 Å². The Balaban J connectivity index is 2.31. The molecule has 136 valence electrons. The minimum absolute atomic E-state index is 0.162. The minimum Gasteiger partial charge on any atom is -0.460 e. The number of ether oxygens (including phenoxy) is 1. The molecule has 2 aliphatic carbocycles. The van der Waals surface area contributed by atoms with Crippen molar-refractivity contribution in [1.29, 1.82) is 0 Å². The van der Waals surface area contributed by atoms with Crippen molar-refractivity contribution in [2.75, 3.05) is 0 Å². The maximum atomic E-state index is 11.6. The van der Waals surface area contributed by atoms with Gasteiger partial charge in [0.1, 0.15) is 5.60 Å². The normalized spacial score (nSPS) is 38.4. The number of hydrogen-bond donors (Lipinski definition) is 0. The van der Waals surface area contributed by atoms with Gasteiger partial charge in [-0.05, 0) is 76.5 Å². The van der Waals surface area contributed by atoms with Crippen molar-refractivity contribution < 1.29 is 9.53 Å². The number of carbonyl (C=O) groups is 1. The summed E-state index contributed by atoms with van der Waals surface area (Å²) in [6.07, 6.45) is 14.5. The van der Waals surface area contributed by atoms with Crippen molar-refractivity contribution in [3.05, 3.63) is 23.8 Å². The van der Waals surface area contributed by atoms with Gasteiger partial charge in [-0.3, -0.25) is 4.79 Å². The largest absolute Gasteiger partial charge is 0.460 e. The molecule has 2 aliphatic rings. The Kier molecular flexibility index (Phi) is 5.99. The molecule has 0 aliphatic heterocycles. The molecule has 1 saturated carbocycles. The summed E-state index contributed by atoms with van der Waals surface area (Å²) in [6.45, 7) is 12.7. The zero-order chi connectivity index (χ0) is 18.0. The van der Waals surface area contributed by atoms with Crippen LogP contribution < -0.4 is 0 Å². The molecule has 0 heterocycles. The van der Waals surface area contributed by atoms with Crippen LogP contribution in [0.15, 0.2) is 23.8 Å². The van der Waals surface area contributed by atoms with E-state index < -0.39 is 0 Å². The number of carbonyl (C=O) groups excluding carboxylic acids is 1. The second-order valence-corrected chi connectivity index (χ2v) is 8.96. The van der Waals surface area contributed by atoms with Crippen LogP contribution in [0, 0.1) is 23.2 Å². The highest BCUT2D eigenvalue weighted by atomic mass is 16.6. The Morgan fingerprint density at radius 1 is 1.29 bits per heavy atom. The first kappa shape index (κ1) is 19.3. The van der Waals surface area contributed by atoms with Gasteiger partial charge in [0, 0.05) is 12.8 Å². The lowest BCUT2D eigenvalue weighted by Crippen LogP contribution is -2.40. The van der Waals surface area contributed by atoms with Gasteiger partial charge >= 0.3 is 5.97 Å². The fraction of sp³-hybridized carbons (Fsp3) is 0.773. The first-order valence-corrected chi connectivity index (χ1v) is 9.68. The maximum Gasteiger partial charge on any atom is 0.303 e. The van der Waals surface area contributed by atoms with Crippen LogP contribution in [0.5, 0.6) is 0 Å². The van der Waals surface area contributed by atoms with Crippen molar-refractivity contribution >= 4 is 5.97 Å². The van der Waals surface area contributed by atoms with Gasteiger partial charge in [-0.1, -0.05) is 37.6 Å². The van der Waals surface area contributed by atoms with E-state index in [2.05, 4.69) is 52.8 Å². The van der Waals surface area contributed by atoms with E-state index in [1.165, 1.54) is 38.2 Å². The first-order valence-electron chi connectivity index (χ1n) is 9.68. The Hall–Kier alpha value is -1.05. The van der Waals surface area contributed by atoms with E-state index in [0.29, 0.717) is 17.8 Å². The molecule has 0 aromatic carbocycles. The van der Waals surface area contributed by atoms with Gasteiger partial charge in [0.2, 0.25) is 0 Å². The second-order valence-electron chi connectivity index (χ2n) is 8.96. The lowest BCUT2D eigenvalue weighted by Gasteiger charge is -2.39. The lowest BCUT2D eigenvalue weighted by atomic mass is 9.70. The molecule has 2 rings (SSSR count). The Morgan fingerprint density at radius 2 is 2.00 bits per heavy atom. The van der Waals surface area contributed by atoms with E-state index in [0.717, 1.165) is 12.8 Å². The fourth-order valence-electron chi connectivity index (χ4n) is 4.89. The van der Waals surface area contributed by atoms with E-state index >= 15 is 0 Å². The molecule has 0 aromatic rings. The average molecular weight is 333 g/mol. The first-order chi connectivity index (χ1) is 11.1. The molecule has 0 amide bonds. The Labute approximate surface area is 148 Å². The number of rotatable bonds is 2. The summed E-state index contributed by atoms with van der Waals surface area (Å²) in [7, 11) is 0. The summed E-state index contributed by atoms with van der Waals surface area (Å²) >= 11 is 0. The molecule has 1 fully saturated rings. The molecule has 0 N–H and O–H groups in total. The van der Waals surface area contributed by atoms with Crippen LogP contribution in [0.1, 0.15) is 80.1 Å². The molecule has 0 spiro atoms. The molecule has 0 bridgehead atoms. The van der Waals surface area contributed by atoms with Gasteiger partial charge in [-0.25, -0.2) is 0 Å². The van der Waals surface area contributed by atoms with Crippen molar-refractivity contribution in [2.24, 2.45) is 23.2 Å². The van der Waals surface area contributed by atoms with Gasteiger partial charge in [0.15, 0.2) is 0 Å². The molecule has 24 heavy (non-hydrogen) atoms. The van der Waals surface area contributed by atoms with E-state index in [1.54, 1.807) is 0 Å². The third-order valence-electron chi connectivity index (χ3n) is 6.40. The zero-order valence-electron chi connectivity index (χ0n) is 16.5. The van der Waals surface area contributed by atoms with Crippen LogP contribution >= 0.6 is 0 Å². The minimum atomic E-state index is -0.383. The number of fused-ring (bicyclic) bond motifs is 1. The van der Waals surface area contributed by atoms with Crippen LogP contribution in [-0.4, -0.2) is 11.6 Å². The summed E-state index contributed by atoms with van der Waals surface area (Å²) in [5, 5.41) is 0. The standard InChI is InChI=1S/C22H36O2/c1-16-8-7-9-17(2)12-14-22(6)15-13-19(20(22)11-10-16)21(4,5)24-18(3)23/h8,12,14,17,19-20H,7,9-11,13,15H2,1-6H3/b14-12+,16-8+/t17-,19-,20+,22+/m1/s1. The Morgan fingerprint density at radius 3 is 2.67 bits per heavy atom. The highest BCUT2D eigenvalue weighted by Gasteiger charge is 2.50. The van der Waals surface area contributed by atoms with E-state index in [4.69, 9.17) is 4.74 Å². The van der Waals surface area contributed by atoms with Crippen molar-refractivity contribution in [2.45, 2.75) is 85.7 Å². The predicted octanol–water partition coefficient (Wildman–Crippen LogP) is 6.07. The van der Waals surface area contributed by atoms with Crippen LogP contribution in [0.3, 0.4) is 0 Å². The molecule has 0 aromatic heterocycles. The monoisotopic (exact) mass is 332 g/mol. The average Bonchev–Trinajstić information content (AvgIpc) is 2.78. The summed E-state index contributed by atoms with van der Waals surface area (Å²) in [4.78, 5) is 11.6. The van der Waals surface area contributed by atoms with Gasteiger partial charge in [-0.2, -0.15) is 0 Å². The van der Waals surface area contributed by atoms with Crippen LogP contribution in [0.2, 0.25) is 0 Å². The summed E-state index contributed by atoms with van der Waals surface area (Å²) in [5.74, 6) is 1.47. The maximum absolute atomic E-state index is 11.6. The number of esters is 1. The molecule has 4 atom stereocenters. The van der Waals surface area contributed by atoms with Crippen molar-refractivity contribution in [3.63, 3.8) is 0 Å². The van der Waals surface area contributed by atoms with Gasteiger partial charge in [0.25, 0.3) is 0 Å². The topological polar surface area (TPSA) is 26.3 Å². The zero-order valence-corrected chi connectivity index (χ0v) is 16.5. The second kappa shape index (κ2) is 7.45. The van der Waals surface area contributed by atoms with Crippen molar-refractivity contribution in [3.8, 4) is 0 Å². The molecule has 0 saturated heterocycles. The molecule has 0 unspecified atom stereocenters. The SMILES string of the molecule is CC(=O)OC(C)(C)[C@@H]1CC[C@]2(C)/C=C/[C@H](C)CC/C=C(\C)CC[C@@H]12. The summed E-state index contributed by atoms with van der Waals surface area (Å²) < 4.78 is 5.74. The third-order valence-corrected chi connectivity index (χ3v) is 6.40. The molecular formula is C22H36O2. The lowest BCUT2D eigenvalue weighted by molar-refractivity contribution is -0.161. The number of allylic oxidation sites excluding steroid dienone is 4. The van der Waals surface area contributed by atoms with Crippen LogP contribution in [0.4, 0.5) is 0 Å². The van der Waals surface area contributed by atoms with Crippen LogP contribution in [-0.2, 0) is 9.53 Å². The molecule has 2 heteroatoms. The van der Waals surface area contributed by atoms with Crippen LogP contribution in [0.25, 0.3) is 0 Å². The smallest absolute Gasteiger partial charge is 0.303 e. The summed E-state index contributed by atoms with van der Waals surface area (Å²) in [5.41, 5.74) is 1.36. The fourth-order valence-corrected chi connectivity index (χ4v) is 4.89. The van der Waals surface area contributed by atoms with Crippen molar-refractivity contribution in [1.82, 2.24) is 0 Å². The predicted molar refractivity (Wildman–Crippen MR) is 101 cm³/mol. The molecule has 0 radical (unpaired) electrons. The quantitative estimate of drug-likeness (QED) is 0.453. The molecule has 2 nitrogen and oxygen atoms in total. The van der Waals surface area contributed by atoms with E-state index in [1.807, 2.05) is 0 Å². The molecular weight excluding hydrogens is 296 g/mol. The highest BCUT2D eigenvalue weighted by Crippen LogP contribution is 2.54. The van der Waals surface area contributed by atoms with E-state index in [-0.39, 0.29) is 17.0 Å². The van der Waals surface area contributed by atoms with Gasteiger partial charge in [0.05, 0.1) is 0 Å². The summed E-state index contributed by atoms with van der Waals surface area (Å²) in [6, 6.07) is 0. The van der Waals surface area contributed by atoms with E-state index in [9.17, 15) is 4.79 Å². The van der Waals surface area contributed by atoms with Gasteiger partial charge < -0.3 is 4.74 Å². The third kappa shape index (κ3) is 4.52.